The Balaban J connectivity index is 1.71. The molecule has 2 N–H and O–H groups in total. The molecule has 0 spiro atoms. The zero-order chi connectivity index (χ0) is 18.1. The third-order valence-electron chi connectivity index (χ3n) is 4.35. The van der Waals surface area contributed by atoms with E-state index in [-0.39, 0.29) is 6.04 Å². The second-order valence-electron chi connectivity index (χ2n) is 6.27. The molecule has 26 heavy (non-hydrogen) atoms. The Kier molecular flexibility index (Phi) is 4.26. The summed E-state index contributed by atoms with van der Waals surface area (Å²) in [5.74, 6) is 0.583. The third-order valence-corrected chi connectivity index (χ3v) is 4.35. The minimum atomic E-state index is 0.135. The highest BCUT2D eigenvalue weighted by Gasteiger charge is 2.12. The molecule has 0 bridgehead atoms. The number of aromatic amines is 1. The lowest BCUT2D eigenvalue weighted by molar-refractivity contribution is 0.190. The van der Waals surface area contributed by atoms with Crippen molar-refractivity contribution in [3.63, 3.8) is 0 Å². The van der Waals surface area contributed by atoms with Gasteiger partial charge >= 0.3 is 0 Å². The largest absolute Gasteiger partial charge is 0.383 e. The van der Waals surface area contributed by atoms with Crippen molar-refractivity contribution in [3.05, 3.63) is 30.6 Å². The van der Waals surface area contributed by atoms with E-state index in [4.69, 9.17) is 4.74 Å². The van der Waals surface area contributed by atoms with Crippen molar-refractivity contribution in [2.45, 2.75) is 26.4 Å². The lowest BCUT2D eigenvalue weighted by Crippen LogP contribution is -2.22. The van der Waals surface area contributed by atoms with Crippen molar-refractivity contribution in [1.29, 1.82) is 0 Å². The van der Waals surface area contributed by atoms with Gasteiger partial charge in [-0.15, -0.1) is 5.10 Å². The van der Waals surface area contributed by atoms with Gasteiger partial charge < -0.3 is 15.0 Å². The molecule has 0 saturated heterocycles. The van der Waals surface area contributed by atoms with Gasteiger partial charge in [-0.25, -0.2) is 9.67 Å². The SMILES string of the molecule is CCn1nnc2ccc(-c3c[nH]c4nc(NC(C)COC)ncc34)cc21. The lowest BCUT2D eigenvalue weighted by Gasteiger charge is -2.12. The van der Waals surface area contributed by atoms with E-state index in [1.807, 2.05) is 36.1 Å². The third kappa shape index (κ3) is 2.88. The molecule has 0 amide bonds. The van der Waals surface area contributed by atoms with Gasteiger partial charge in [0.2, 0.25) is 5.95 Å². The molecule has 8 nitrogen and oxygen atoms in total. The summed E-state index contributed by atoms with van der Waals surface area (Å²) in [5, 5.41) is 12.6. The van der Waals surface area contributed by atoms with Crippen LogP contribution < -0.4 is 5.32 Å². The molecule has 1 aromatic carbocycles. The summed E-state index contributed by atoms with van der Waals surface area (Å²) in [4.78, 5) is 12.3. The van der Waals surface area contributed by atoms with Gasteiger partial charge in [-0.05, 0) is 31.5 Å². The molecule has 1 atom stereocenters. The Bertz CT molecular complexity index is 1050. The predicted molar refractivity (Wildman–Crippen MR) is 101 cm³/mol. The van der Waals surface area contributed by atoms with Crippen LogP contribution in [0.15, 0.2) is 30.6 Å². The summed E-state index contributed by atoms with van der Waals surface area (Å²) in [6, 6.07) is 6.28. The Labute approximate surface area is 150 Å². The van der Waals surface area contributed by atoms with E-state index in [0.29, 0.717) is 12.6 Å². The molecular weight excluding hydrogens is 330 g/mol. The van der Waals surface area contributed by atoms with Crippen LogP contribution in [0.25, 0.3) is 33.2 Å². The Hall–Kier alpha value is -3.00. The van der Waals surface area contributed by atoms with Gasteiger partial charge in [0.1, 0.15) is 11.2 Å². The molecule has 0 fully saturated rings. The summed E-state index contributed by atoms with van der Waals surface area (Å²) in [7, 11) is 1.68. The normalized spacial score (nSPS) is 12.7. The van der Waals surface area contributed by atoms with E-state index in [1.165, 1.54) is 0 Å². The number of fused-ring (bicyclic) bond motifs is 2. The maximum atomic E-state index is 5.13. The van der Waals surface area contributed by atoms with Crippen molar-refractivity contribution in [1.82, 2.24) is 29.9 Å². The van der Waals surface area contributed by atoms with E-state index in [0.717, 1.165) is 39.7 Å². The first-order valence-electron chi connectivity index (χ1n) is 8.62. The van der Waals surface area contributed by atoms with Crippen molar-refractivity contribution in [3.8, 4) is 11.1 Å². The molecule has 3 heterocycles. The molecule has 4 aromatic rings. The molecule has 0 aliphatic heterocycles. The van der Waals surface area contributed by atoms with Crippen LogP contribution in [0.4, 0.5) is 5.95 Å². The summed E-state index contributed by atoms with van der Waals surface area (Å²) < 4.78 is 7.03. The number of ether oxygens (including phenoxy) is 1. The zero-order valence-corrected chi connectivity index (χ0v) is 15.0. The summed E-state index contributed by atoms with van der Waals surface area (Å²) in [5.41, 5.74) is 4.85. The average molecular weight is 351 g/mol. The van der Waals surface area contributed by atoms with Crippen LogP contribution in [-0.2, 0) is 11.3 Å². The Morgan fingerprint density at radius 1 is 1.35 bits per heavy atom. The minimum absolute atomic E-state index is 0.135. The molecule has 1 unspecified atom stereocenters. The topological polar surface area (TPSA) is 93.5 Å². The van der Waals surface area contributed by atoms with E-state index in [1.54, 1.807) is 7.11 Å². The molecule has 8 heteroatoms. The number of hydrogen-bond donors (Lipinski definition) is 2. The Morgan fingerprint density at radius 3 is 3.04 bits per heavy atom. The smallest absolute Gasteiger partial charge is 0.224 e. The van der Waals surface area contributed by atoms with Crippen molar-refractivity contribution >= 4 is 28.0 Å². The van der Waals surface area contributed by atoms with Gasteiger partial charge in [0.15, 0.2) is 0 Å². The van der Waals surface area contributed by atoms with Gasteiger partial charge in [-0.1, -0.05) is 11.3 Å². The average Bonchev–Trinajstić information content (AvgIpc) is 3.24. The van der Waals surface area contributed by atoms with Gasteiger partial charge in [0.05, 0.1) is 12.1 Å². The van der Waals surface area contributed by atoms with Crippen molar-refractivity contribution in [2.24, 2.45) is 0 Å². The number of aromatic nitrogens is 6. The fraction of sp³-hybridized carbons (Fsp3) is 0.333. The number of hydrogen-bond acceptors (Lipinski definition) is 6. The minimum Gasteiger partial charge on any atom is -0.383 e. The summed E-state index contributed by atoms with van der Waals surface area (Å²) in [6.45, 7) is 5.46. The molecule has 134 valence electrons. The summed E-state index contributed by atoms with van der Waals surface area (Å²) in [6.07, 6.45) is 3.80. The second kappa shape index (κ2) is 6.72. The number of nitrogens with zero attached hydrogens (tertiary/aromatic N) is 5. The number of benzene rings is 1. The molecule has 3 aromatic heterocycles. The first-order valence-corrected chi connectivity index (χ1v) is 8.62. The molecule has 0 aliphatic rings. The fourth-order valence-corrected chi connectivity index (χ4v) is 3.09. The van der Waals surface area contributed by atoms with Crippen LogP contribution in [0.3, 0.4) is 0 Å². The number of H-pyrrole nitrogens is 1. The van der Waals surface area contributed by atoms with Crippen molar-refractivity contribution in [2.75, 3.05) is 19.0 Å². The second-order valence-corrected chi connectivity index (χ2v) is 6.27. The van der Waals surface area contributed by atoms with E-state index in [2.05, 4.69) is 43.6 Å². The Morgan fingerprint density at radius 2 is 2.23 bits per heavy atom. The molecule has 0 saturated carbocycles. The quantitative estimate of drug-likeness (QED) is 0.555. The van der Waals surface area contributed by atoms with Gasteiger partial charge in [0, 0.05) is 43.0 Å². The van der Waals surface area contributed by atoms with Crippen LogP contribution in [0, 0.1) is 0 Å². The van der Waals surface area contributed by atoms with Crippen molar-refractivity contribution < 1.29 is 4.74 Å². The number of nitrogens with one attached hydrogen (secondary N) is 2. The van der Waals surface area contributed by atoms with E-state index in [9.17, 15) is 0 Å². The highest BCUT2D eigenvalue weighted by atomic mass is 16.5. The number of methoxy groups -OCH3 is 1. The molecule has 0 radical (unpaired) electrons. The highest BCUT2D eigenvalue weighted by molar-refractivity contribution is 5.95. The van der Waals surface area contributed by atoms with E-state index < -0.39 is 0 Å². The molecular formula is C18H21N7O. The molecule has 0 aliphatic carbocycles. The van der Waals surface area contributed by atoms with Gasteiger partial charge in [-0.2, -0.15) is 4.98 Å². The van der Waals surface area contributed by atoms with Crippen LogP contribution in [0.5, 0.6) is 0 Å². The first kappa shape index (κ1) is 16.5. The van der Waals surface area contributed by atoms with Gasteiger partial charge in [0.25, 0.3) is 0 Å². The lowest BCUT2D eigenvalue weighted by atomic mass is 10.1. The molecule has 4 rings (SSSR count). The van der Waals surface area contributed by atoms with Crippen LogP contribution >= 0.6 is 0 Å². The van der Waals surface area contributed by atoms with E-state index >= 15 is 0 Å². The maximum absolute atomic E-state index is 5.13. The number of rotatable bonds is 6. The monoisotopic (exact) mass is 351 g/mol. The number of anilines is 1. The van der Waals surface area contributed by atoms with Crippen LogP contribution in [0.2, 0.25) is 0 Å². The highest BCUT2D eigenvalue weighted by Crippen LogP contribution is 2.29. The number of aryl methyl sites for hydroxylation is 1. The standard InChI is InChI=1S/C18H21N7O/c1-4-25-16-7-12(5-6-15(16)23-24-25)13-8-19-17-14(13)9-20-18(22-17)21-11(2)10-26-3/h5-9,11H,4,10H2,1-3H3,(H2,19,20,21,22). The maximum Gasteiger partial charge on any atom is 0.224 e. The van der Waals surface area contributed by atoms with Crippen LogP contribution in [-0.4, -0.2) is 49.7 Å². The van der Waals surface area contributed by atoms with Crippen LogP contribution in [0.1, 0.15) is 13.8 Å². The summed E-state index contributed by atoms with van der Waals surface area (Å²) >= 11 is 0. The predicted octanol–water partition coefficient (Wildman–Crippen LogP) is 2.84. The first-order chi connectivity index (χ1) is 12.7. The fourth-order valence-electron chi connectivity index (χ4n) is 3.09. The zero-order valence-electron chi connectivity index (χ0n) is 15.0. The van der Waals surface area contributed by atoms with Gasteiger partial charge in [-0.3, -0.25) is 0 Å².